The topological polar surface area (TPSA) is 129 Å². The van der Waals surface area contributed by atoms with Gasteiger partial charge in [-0.1, -0.05) is 0 Å². The fraction of sp³-hybridized carbons (Fsp3) is 0.474. The zero-order valence-electron chi connectivity index (χ0n) is 16.4. The highest BCUT2D eigenvalue weighted by atomic mass is 32.2. The molecule has 3 heterocycles. The second kappa shape index (κ2) is 7.85. The van der Waals surface area contributed by atoms with Crippen LogP contribution < -0.4 is 0 Å². The molecule has 1 saturated carbocycles. The molecule has 30 heavy (non-hydrogen) atoms. The van der Waals surface area contributed by atoms with Crippen LogP contribution in [0.5, 0.6) is 0 Å². The number of amides is 1. The molecular weight excluding hydrogens is 426 g/mol. The molecule has 0 saturated heterocycles. The second-order valence-electron chi connectivity index (χ2n) is 7.61. The molecule has 158 valence electrons. The number of imidazole rings is 1. The Morgan fingerprint density at radius 3 is 2.73 bits per heavy atom. The molecule has 0 radical (unpaired) electrons. The van der Waals surface area contributed by atoms with Gasteiger partial charge in [-0.2, -0.15) is 9.57 Å². The zero-order valence-corrected chi connectivity index (χ0v) is 18.0. The van der Waals surface area contributed by atoms with E-state index in [1.165, 1.54) is 11.3 Å². The predicted molar refractivity (Wildman–Crippen MR) is 113 cm³/mol. The molecule has 1 fully saturated rings. The molecule has 11 heteroatoms. The summed E-state index contributed by atoms with van der Waals surface area (Å²) in [5.41, 5.74) is 2.32. The van der Waals surface area contributed by atoms with Crippen LogP contribution in [0.3, 0.4) is 0 Å². The van der Waals surface area contributed by atoms with Crippen molar-refractivity contribution in [1.82, 2.24) is 18.8 Å². The highest BCUT2D eigenvalue weighted by Crippen LogP contribution is 2.39. The lowest BCUT2D eigenvalue weighted by atomic mass is 9.84. The average Bonchev–Trinajstić information content (AvgIpc) is 3.29. The number of hydrogen-bond donors (Lipinski definition) is 1. The first-order valence-corrected chi connectivity index (χ1v) is 12.3. The van der Waals surface area contributed by atoms with E-state index in [4.69, 9.17) is 5.26 Å². The highest BCUT2D eigenvalue weighted by molar-refractivity contribution is 7.88. The van der Waals surface area contributed by atoms with Crippen molar-refractivity contribution in [3.05, 3.63) is 23.5 Å². The fourth-order valence-corrected chi connectivity index (χ4v) is 5.75. The maximum atomic E-state index is 12.0. The Morgan fingerprint density at radius 1 is 1.37 bits per heavy atom. The maximum absolute atomic E-state index is 12.0. The Balaban J connectivity index is 1.83. The lowest BCUT2D eigenvalue weighted by Crippen LogP contribution is -2.35. The molecule has 1 aliphatic carbocycles. The van der Waals surface area contributed by atoms with Crippen molar-refractivity contribution in [2.24, 2.45) is 5.92 Å². The maximum Gasteiger partial charge on any atom is 0.421 e. The molecule has 1 amide bonds. The van der Waals surface area contributed by atoms with E-state index in [9.17, 15) is 18.3 Å². The van der Waals surface area contributed by atoms with Gasteiger partial charge >= 0.3 is 6.09 Å². The molecule has 3 aromatic heterocycles. The number of hydrogen-bond acceptors (Lipinski definition) is 7. The van der Waals surface area contributed by atoms with Crippen molar-refractivity contribution in [3.8, 4) is 6.07 Å². The molecule has 1 aliphatic rings. The largest absolute Gasteiger partial charge is 0.464 e. The van der Waals surface area contributed by atoms with E-state index in [-0.39, 0.29) is 12.6 Å². The summed E-state index contributed by atoms with van der Waals surface area (Å²) >= 11 is 1.53. The number of sulfonamides is 1. The van der Waals surface area contributed by atoms with Crippen LogP contribution >= 0.6 is 11.3 Å². The smallest absolute Gasteiger partial charge is 0.421 e. The number of thiophene rings is 1. The van der Waals surface area contributed by atoms with Crippen molar-refractivity contribution in [3.63, 3.8) is 0 Å². The van der Waals surface area contributed by atoms with Gasteiger partial charge in [0.2, 0.25) is 10.0 Å². The highest BCUT2D eigenvalue weighted by Gasteiger charge is 2.30. The van der Waals surface area contributed by atoms with Gasteiger partial charge in [0.15, 0.2) is 0 Å². The van der Waals surface area contributed by atoms with E-state index < -0.39 is 16.1 Å². The second-order valence-corrected chi connectivity index (χ2v) is 10.4. The van der Waals surface area contributed by atoms with E-state index in [0.29, 0.717) is 28.0 Å². The zero-order chi connectivity index (χ0) is 21.5. The minimum atomic E-state index is -3.96. The molecule has 0 aromatic carbocycles. The van der Waals surface area contributed by atoms with Gasteiger partial charge in [-0.05, 0) is 43.0 Å². The van der Waals surface area contributed by atoms with Crippen molar-refractivity contribution >= 4 is 48.7 Å². The Bertz CT molecular complexity index is 1250. The molecule has 0 unspecified atom stereocenters. The molecule has 0 atom stereocenters. The molecule has 3 aromatic rings. The van der Waals surface area contributed by atoms with E-state index in [0.717, 1.165) is 47.7 Å². The minimum Gasteiger partial charge on any atom is -0.464 e. The molecule has 0 bridgehead atoms. The lowest BCUT2D eigenvalue weighted by molar-refractivity contribution is 0.169. The minimum absolute atomic E-state index is 0.0582. The van der Waals surface area contributed by atoms with Crippen LogP contribution in [0.2, 0.25) is 0 Å². The number of carboxylic acid groups (broad SMARTS) is 1. The Hall–Kier alpha value is -2.71. The van der Waals surface area contributed by atoms with E-state index in [2.05, 4.69) is 16.0 Å². The van der Waals surface area contributed by atoms with Crippen LogP contribution in [0.4, 0.5) is 4.79 Å². The molecule has 9 nitrogen and oxygen atoms in total. The number of fused-ring (bicyclic) bond motifs is 3. The van der Waals surface area contributed by atoms with Gasteiger partial charge in [-0.15, -0.1) is 11.3 Å². The number of rotatable bonds is 5. The van der Waals surface area contributed by atoms with Gasteiger partial charge in [0.1, 0.15) is 11.3 Å². The number of aromatic nitrogens is 3. The van der Waals surface area contributed by atoms with Gasteiger partial charge in [0, 0.05) is 12.5 Å². The molecule has 0 spiro atoms. The number of carbonyl (C=O) groups is 1. The third-order valence-corrected chi connectivity index (χ3v) is 7.65. The molecule has 0 aliphatic heterocycles. The SMILES string of the molecule is CS(=O)(=O)N(Cc1nc2cnc3ccsc3c2n1[C@H]1CC[C@H](CC#N)CC1)C(=O)O. The van der Waals surface area contributed by atoms with Crippen LogP contribution in [-0.2, 0) is 16.6 Å². The van der Waals surface area contributed by atoms with E-state index in [1.807, 2.05) is 16.0 Å². The first kappa shape index (κ1) is 20.6. The third-order valence-electron chi connectivity index (χ3n) is 5.66. The summed E-state index contributed by atoms with van der Waals surface area (Å²) in [7, 11) is -3.96. The summed E-state index contributed by atoms with van der Waals surface area (Å²) < 4.78 is 27.5. The normalized spacial score (nSPS) is 19.7. The van der Waals surface area contributed by atoms with Crippen molar-refractivity contribution in [2.45, 2.75) is 44.7 Å². The summed E-state index contributed by atoms with van der Waals surface area (Å²) in [6.07, 6.45) is 4.96. The summed E-state index contributed by atoms with van der Waals surface area (Å²) in [5, 5.41) is 20.4. The van der Waals surface area contributed by atoms with Gasteiger partial charge < -0.3 is 9.67 Å². The van der Waals surface area contributed by atoms with Crippen LogP contribution in [-0.4, -0.2) is 44.7 Å². The number of nitriles is 1. The van der Waals surface area contributed by atoms with Gasteiger partial charge in [0.05, 0.1) is 40.8 Å². The van der Waals surface area contributed by atoms with Crippen molar-refractivity contribution in [2.75, 3.05) is 6.26 Å². The quantitative estimate of drug-likeness (QED) is 0.631. The first-order valence-electron chi connectivity index (χ1n) is 9.60. The molecular formula is C19H21N5O4S2. The Kier molecular flexibility index (Phi) is 5.38. The summed E-state index contributed by atoms with van der Waals surface area (Å²) in [6, 6.07) is 4.21. The van der Waals surface area contributed by atoms with Gasteiger partial charge in [-0.3, -0.25) is 4.98 Å². The van der Waals surface area contributed by atoms with Crippen molar-refractivity contribution in [1.29, 1.82) is 5.26 Å². The van der Waals surface area contributed by atoms with E-state index >= 15 is 0 Å². The summed E-state index contributed by atoms with van der Waals surface area (Å²) in [5.74, 6) is 0.753. The number of nitrogens with zero attached hydrogens (tertiary/aromatic N) is 5. The first-order chi connectivity index (χ1) is 14.3. The van der Waals surface area contributed by atoms with Crippen LogP contribution in [0.15, 0.2) is 17.6 Å². The van der Waals surface area contributed by atoms with Gasteiger partial charge in [0.25, 0.3) is 0 Å². The molecule has 1 N–H and O–H groups in total. The average molecular weight is 448 g/mol. The van der Waals surface area contributed by atoms with Crippen LogP contribution in [0, 0.1) is 17.2 Å². The standard InChI is InChI=1S/C19H21N5O4S2/c1-30(27,28)23(19(25)26)11-16-22-15-10-21-14-7-9-29-18(14)17(15)24(16)13-4-2-12(3-5-13)6-8-20/h7,9-10,12-13H,2-6,11H2,1H3,(H,25,26)/t12-,13-. The monoisotopic (exact) mass is 447 g/mol. The fourth-order valence-electron chi connectivity index (χ4n) is 4.22. The molecule has 4 rings (SSSR count). The van der Waals surface area contributed by atoms with Crippen molar-refractivity contribution < 1.29 is 18.3 Å². The van der Waals surface area contributed by atoms with Crippen LogP contribution in [0.25, 0.3) is 21.3 Å². The summed E-state index contributed by atoms with van der Waals surface area (Å²) in [4.78, 5) is 20.6. The van der Waals surface area contributed by atoms with Crippen LogP contribution in [0.1, 0.15) is 44.0 Å². The summed E-state index contributed by atoms with van der Waals surface area (Å²) in [6.45, 7) is -0.353. The predicted octanol–water partition coefficient (Wildman–Crippen LogP) is 3.73. The van der Waals surface area contributed by atoms with E-state index in [1.54, 1.807) is 6.20 Å². The number of pyridine rings is 1. The third kappa shape index (κ3) is 3.73. The Labute approximate surface area is 177 Å². The Morgan fingerprint density at radius 2 is 2.10 bits per heavy atom. The lowest BCUT2D eigenvalue weighted by Gasteiger charge is -2.30. The van der Waals surface area contributed by atoms with Gasteiger partial charge in [-0.25, -0.2) is 18.2 Å².